The largest absolute Gasteiger partial charge is 0.455 e. The molecule has 0 aliphatic heterocycles. The molecule has 0 saturated heterocycles. The summed E-state index contributed by atoms with van der Waals surface area (Å²) in [5.41, 5.74) is 3.80. The number of carbonyl (C=O) groups is 1. The first-order chi connectivity index (χ1) is 13.5. The summed E-state index contributed by atoms with van der Waals surface area (Å²) in [6, 6.07) is 14.9. The number of fused-ring (bicyclic) bond motifs is 1. The predicted molar refractivity (Wildman–Crippen MR) is 116 cm³/mol. The quantitative estimate of drug-likeness (QED) is 0.193. The van der Waals surface area contributed by atoms with E-state index in [1.807, 2.05) is 12.1 Å². The van der Waals surface area contributed by atoms with Gasteiger partial charge in [0.25, 0.3) is 0 Å². The van der Waals surface area contributed by atoms with E-state index in [0.717, 1.165) is 19.0 Å². The first-order valence-electron chi connectivity index (χ1n) is 8.07. The predicted octanol–water partition coefficient (Wildman–Crippen LogP) is 5.96. The maximum Gasteiger partial charge on any atom is 0.307 e. The smallest absolute Gasteiger partial charge is 0.307 e. The molecule has 0 aliphatic carbocycles. The molecule has 1 N–H and O–H groups in total. The van der Waals surface area contributed by atoms with Crippen molar-refractivity contribution >= 4 is 61.6 Å². The van der Waals surface area contributed by atoms with Crippen LogP contribution < -0.4 is 5.43 Å². The van der Waals surface area contributed by atoms with E-state index in [2.05, 4.69) is 49.0 Å². The van der Waals surface area contributed by atoms with Crippen molar-refractivity contribution in [3.63, 3.8) is 0 Å². The Labute approximate surface area is 180 Å². The molecule has 4 rings (SSSR count). The number of hydrazone groups is 1. The van der Waals surface area contributed by atoms with Gasteiger partial charge in [-0.2, -0.15) is 5.10 Å². The lowest BCUT2D eigenvalue weighted by Crippen LogP contribution is -2.16. The highest BCUT2D eigenvalue weighted by Gasteiger charge is 2.14. The van der Waals surface area contributed by atoms with Crippen LogP contribution in [-0.4, -0.2) is 12.1 Å². The summed E-state index contributed by atoms with van der Waals surface area (Å²) in [5.74, 6) is 0.402. The maximum absolute atomic E-state index is 13.0. The van der Waals surface area contributed by atoms with Gasteiger partial charge in [0.2, 0.25) is 0 Å². The van der Waals surface area contributed by atoms with Crippen LogP contribution in [-0.2, 0) is 0 Å². The van der Waals surface area contributed by atoms with E-state index in [-0.39, 0.29) is 11.6 Å². The molecule has 0 saturated carbocycles. The number of rotatable bonds is 4. The number of hydrogen-bond donors (Lipinski definition) is 1. The second kappa shape index (κ2) is 7.88. The van der Waals surface area contributed by atoms with Crippen LogP contribution in [0.3, 0.4) is 0 Å². The Hall–Kier alpha value is -2.46. The summed E-state index contributed by atoms with van der Waals surface area (Å²) >= 11 is 5.57. The molecular weight excluding hydrogens is 542 g/mol. The molecule has 4 aromatic rings. The highest BCUT2D eigenvalue weighted by Crippen LogP contribution is 2.28. The van der Waals surface area contributed by atoms with Crippen LogP contribution in [0.25, 0.3) is 22.3 Å². The van der Waals surface area contributed by atoms with E-state index in [4.69, 9.17) is 8.83 Å². The van der Waals surface area contributed by atoms with Gasteiger partial charge in [-0.1, -0.05) is 15.9 Å². The van der Waals surface area contributed by atoms with Crippen LogP contribution in [0.15, 0.2) is 73.0 Å². The number of nitrogens with one attached hydrogen (secondary N) is 1. The Morgan fingerprint density at radius 2 is 1.89 bits per heavy atom. The fourth-order valence-corrected chi connectivity index (χ4v) is 4.25. The van der Waals surface area contributed by atoms with Crippen molar-refractivity contribution in [2.75, 3.05) is 0 Å². The summed E-state index contributed by atoms with van der Waals surface area (Å²) in [6.45, 7) is 0. The normalized spacial score (nSPS) is 11.4. The van der Waals surface area contributed by atoms with Crippen LogP contribution in [0, 0.1) is 9.39 Å². The molecule has 8 heteroatoms. The molecule has 0 radical (unpaired) electrons. The molecule has 2 aromatic carbocycles. The van der Waals surface area contributed by atoms with Gasteiger partial charge < -0.3 is 8.83 Å². The van der Waals surface area contributed by atoms with Gasteiger partial charge in [-0.15, -0.1) is 0 Å². The van der Waals surface area contributed by atoms with Crippen LogP contribution in [0.4, 0.5) is 4.39 Å². The summed E-state index contributed by atoms with van der Waals surface area (Å²) in [7, 11) is 0. The molecule has 0 atom stereocenters. The molecule has 2 heterocycles. The minimum atomic E-state index is -0.468. The van der Waals surface area contributed by atoms with E-state index in [1.54, 1.807) is 30.3 Å². The summed E-state index contributed by atoms with van der Waals surface area (Å²) in [6.07, 6.45) is 1.38. The molecule has 0 aliphatic rings. The average Bonchev–Trinajstić information content (AvgIpc) is 3.29. The second-order valence-corrected chi connectivity index (χ2v) is 7.90. The molecule has 0 bridgehead atoms. The Bertz CT molecular complexity index is 1200. The van der Waals surface area contributed by atoms with Gasteiger partial charge in [0.05, 0.1) is 9.78 Å². The number of hydrogen-bond acceptors (Lipinski definition) is 4. The van der Waals surface area contributed by atoms with E-state index >= 15 is 0 Å². The van der Waals surface area contributed by atoms with Crippen LogP contribution >= 0.6 is 38.5 Å². The summed E-state index contributed by atoms with van der Waals surface area (Å²) < 4.78 is 26.0. The van der Waals surface area contributed by atoms with E-state index in [1.165, 1.54) is 18.3 Å². The molecule has 2 aromatic heterocycles. The Morgan fingerprint density at radius 1 is 1.11 bits per heavy atom. The molecule has 28 heavy (non-hydrogen) atoms. The highest BCUT2D eigenvalue weighted by atomic mass is 127. The lowest BCUT2D eigenvalue weighted by molar-refractivity contribution is 0.0929. The van der Waals surface area contributed by atoms with Gasteiger partial charge in [0.15, 0.2) is 5.76 Å². The number of amides is 1. The fraction of sp³-hybridized carbons (Fsp3) is 0. The van der Waals surface area contributed by atoms with Crippen molar-refractivity contribution in [3.8, 4) is 11.3 Å². The first kappa shape index (κ1) is 18.9. The van der Waals surface area contributed by atoms with Gasteiger partial charge in [-0.25, -0.2) is 9.82 Å². The minimum absolute atomic E-state index is 0.162. The molecule has 140 valence electrons. The van der Waals surface area contributed by atoms with Gasteiger partial charge >= 0.3 is 5.91 Å². The van der Waals surface area contributed by atoms with Crippen LogP contribution in [0.2, 0.25) is 0 Å². The monoisotopic (exact) mass is 552 g/mol. The standard InChI is InChI=1S/C20H11BrFIN2O3/c21-13-7-12-8-18(28-19(12)16(23)9-13)20(26)25-24-10-15-5-6-17(27-15)11-1-3-14(22)4-2-11/h1-10H,(H,25,26)/b24-10-. The van der Waals surface area contributed by atoms with Gasteiger partial charge in [-0.05, 0) is 77.2 Å². The third-order valence-corrected chi connectivity index (χ3v) is 5.13. The van der Waals surface area contributed by atoms with E-state index in [0.29, 0.717) is 17.1 Å². The summed E-state index contributed by atoms with van der Waals surface area (Å²) in [4.78, 5) is 12.3. The van der Waals surface area contributed by atoms with Crippen molar-refractivity contribution < 1.29 is 18.0 Å². The molecule has 0 unspecified atom stereocenters. The average molecular weight is 553 g/mol. The third-order valence-electron chi connectivity index (χ3n) is 3.87. The summed E-state index contributed by atoms with van der Waals surface area (Å²) in [5, 5.41) is 4.72. The maximum atomic E-state index is 13.0. The number of furan rings is 2. The molecule has 1 amide bonds. The van der Waals surface area contributed by atoms with Gasteiger partial charge in [0.1, 0.15) is 22.9 Å². The molecular formula is C20H11BrFIN2O3. The van der Waals surface area contributed by atoms with Crippen molar-refractivity contribution in [1.29, 1.82) is 0 Å². The van der Waals surface area contributed by atoms with Crippen LogP contribution in [0.5, 0.6) is 0 Å². The zero-order valence-electron chi connectivity index (χ0n) is 14.1. The lowest BCUT2D eigenvalue weighted by Gasteiger charge is -1.96. The van der Waals surface area contributed by atoms with Gasteiger partial charge in [-0.3, -0.25) is 4.79 Å². The SMILES string of the molecule is O=C(N/N=C\c1ccc(-c2ccc(F)cc2)o1)c1cc2cc(Br)cc(I)c2o1. The third kappa shape index (κ3) is 4.02. The minimum Gasteiger partial charge on any atom is -0.455 e. The number of halogens is 3. The Kier molecular flexibility index (Phi) is 5.31. The number of benzene rings is 2. The van der Waals surface area contributed by atoms with Crippen molar-refractivity contribution in [2.24, 2.45) is 5.10 Å². The van der Waals surface area contributed by atoms with Crippen molar-refractivity contribution in [3.05, 3.63) is 80.0 Å². The van der Waals surface area contributed by atoms with Crippen molar-refractivity contribution in [2.45, 2.75) is 0 Å². The topological polar surface area (TPSA) is 67.7 Å². The van der Waals surface area contributed by atoms with Gasteiger partial charge in [0, 0.05) is 15.4 Å². The van der Waals surface area contributed by atoms with E-state index in [9.17, 15) is 9.18 Å². The molecule has 0 spiro atoms. The van der Waals surface area contributed by atoms with Crippen LogP contribution in [0.1, 0.15) is 16.3 Å². The molecule has 0 fully saturated rings. The zero-order chi connectivity index (χ0) is 19.7. The highest BCUT2D eigenvalue weighted by molar-refractivity contribution is 14.1. The first-order valence-corrected chi connectivity index (χ1v) is 9.94. The second-order valence-electron chi connectivity index (χ2n) is 5.82. The lowest BCUT2D eigenvalue weighted by atomic mass is 10.2. The van der Waals surface area contributed by atoms with E-state index < -0.39 is 5.91 Å². The fourth-order valence-electron chi connectivity index (χ4n) is 2.59. The Balaban J connectivity index is 1.46. The number of carbonyl (C=O) groups excluding carboxylic acids is 1. The number of nitrogens with zero attached hydrogens (tertiary/aromatic N) is 1. The zero-order valence-corrected chi connectivity index (χ0v) is 17.8. The Morgan fingerprint density at radius 3 is 2.68 bits per heavy atom. The van der Waals surface area contributed by atoms with Crippen molar-refractivity contribution in [1.82, 2.24) is 5.43 Å². The molecule has 5 nitrogen and oxygen atoms in total.